The smallest absolute Gasteiger partial charge is 0.306 e. The van der Waals surface area contributed by atoms with Crippen LogP contribution in [-0.2, 0) is 28.6 Å². The number of hydrogen-bond acceptors (Lipinski definition) is 6. The lowest BCUT2D eigenvalue weighted by atomic mass is 10.0. The molecule has 0 aromatic carbocycles. The first-order valence-corrected chi connectivity index (χ1v) is 35.7. The molecule has 6 heteroatoms. The summed E-state index contributed by atoms with van der Waals surface area (Å²) in [5.41, 5.74) is 0. The van der Waals surface area contributed by atoms with E-state index < -0.39 is 6.10 Å². The van der Waals surface area contributed by atoms with Crippen molar-refractivity contribution in [3.63, 3.8) is 0 Å². The molecule has 478 valence electrons. The molecule has 1 unspecified atom stereocenters. The highest BCUT2D eigenvalue weighted by atomic mass is 16.6. The summed E-state index contributed by atoms with van der Waals surface area (Å²) >= 11 is 0. The minimum absolute atomic E-state index is 0.0732. The molecule has 0 aliphatic heterocycles. The average molecular weight is 1160 g/mol. The summed E-state index contributed by atoms with van der Waals surface area (Å²) < 4.78 is 16.8. The van der Waals surface area contributed by atoms with Gasteiger partial charge in [-0.25, -0.2) is 0 Å². The summed E-state index contributed by atoms with van der Waals surface area (Å²) in [6, 6.07) is 0. The molecule has 0 saturated heterocycles. The van der Waals surface area contributed by atoms with Crippen LogP contribution in [0.1, 0.15) is 355 Å². The van der Waals surface area contributed by atoms with Gasteiger partial charge in [0.25, 0.3) is 0 Å². The number of unbranched alkanes of at least 4 members (excludes halogenated alkanes) is 38. The average Bonchev–Trinajstić information content (AvgIpc) is 3.49. The van der Waals surface area contributed by atoms with Crippen LogP contribution in [0.3, 0.4) is 0 Å². The van der Waals surface area contributed by atoms with Crippen molar-refractivity contribution in [1.29, 1.82) is 0 Å². The third kappa shape index (κ3) is 69.0. The maximum absolute atomic E-state index is 12.9. The van der Waals surface area contributed by atoms with Crippen LogP contribution in [0.4, 0.5) is 0 Å². The number of carbonyl (C=O) groups excluding carboxylic acids is 3. The van der Waals surface area contributed by atoms with E-state index in [1.807, 2.05) is 0 Å². The van der Waals surface area contributed by atoms with Gasteiger partial charge in [0.2, 0.25) is 0 Å². The Kier molecular flexibility index (Phi) is 67.7. The minimum atomic E-state index is -0.773. The number of rotatable bonds is 65. The summed E-state index contributed by atoms with van der Waals surface area (Å²) in [7, 11) is 0. The molecule has 0 amide bonds. The van der Waals surface area contributed by atoms with Gasteiger partial charge < -0.3 is 14.2 Å². The summed E-state index contributed by atoms with van der Waals surface area (Å²) in [5, 5.41) is 0. The predicted molar refractivity (Wildman–Crippen MR) is 362 cm³/mol. The second-order valence-electron chi connectivity index (χ2n) is 23.7. The normalized spacial score (nSPS) is 12.7. The van der Waals surface area contributed by atoms with Gasteiger partial charge in [-0.05, 0) is 96.3 Å². The lowest BCUT2D eigenvalue weighted by Gasteiger charge is -2.18. The van der Waals surface area contributed by atoms with Gasteiger partial charge in [0.1, 0.15) is 13.2 Å². The summed E-state index contributed by atoms with van der Waals surface area (Å²) in [4.78, 5) is 38.0. The number of allylic oxidation sites excluding steroid dienone is 16. The Hall–Kier alpha value is -3.67. The summed E-state index contributed by atoms with van der Waals surface area (Å²) in [5.74, 6) is -0.873. The molecule has 0 fully saturated rings. The number of hydrogen-bond donors (Lipinski definition) is 0. The van der Waals surface area contributed by atoms with E-state index in [2.05, 4.69) is 118 Å². The van der Waals surface area contributed by atoms with Crippen LogP contribution >= 0.6 is 0 Å². The topological polar surface area (TPSA) is 78.9 Å². The lowest BCUT2D eigenvalue weighted by Crippen LogP contribution is -2.30. The highest BCUT2D eigenvalue weighted by Crippen LogP contribution is 2.18. The highest BCUT2D eigenvalue weighted by Gasteiger charge is 2.19. The molecule has 0 spiro atoms. The SMILES string of the molecule is CC/C=C\C/C=C\C/C=C\C/C=C\CCCCCCCCCCCCCCCCCCCCCCCCC(=O)OCC(COC(=O)CCCCCCC)OC(=O)CCCCCCCCCCCCCC/C=C\C/C=C\C/C=C\C/C=C\CC. The van der Waals surface area contributed by atoms with Gasteiger partial charge in [-0.1, -0.05) is 336 Å². The molecule has 0 N–H and O–H groups in total. The second kappa shape index (κ2) is 70.8. The van der Waals surface area contributed by atoms with Gasteiger partial charge in [-0.15, -0.1) is 0 Å². The van der Waals surface area contributed by atoms with Crippen molar-refractivity contribution < 1.29 is 28.6 Å². The van der Waals surface area contributed by atoms with Gasteiger partial charge in [-0.3, -0.25) is 14.4 Å². The zero-order valence-electron chi connectivity index (χ0n) is 54.9. The minimum Gasteiger partial charge on any atom is -0.462 e. The molecule has 83 heavy (non-hydrogen) atoms. The molecule has 0 aromatic heterocycles. The largest absolute Gasteiger partial charge is 0.462 e. The Balaban J connectivity index is 3.91. The van der Waals surface area contributed by atoms with Crippen molar-refractivity contribution in [1.82, 2.24) is 0 Å². The molecule has 0 rings (SSSR count). The fourth-order valence-electron chi connectivity index (χ4n) is 10.3. The van der Waals surface area contributed by atoms with Crippen LogP contribution in [0.15, 0.2) is 97.2 Å². The molecule has 6 nitrogen and oxygen atoms in total. The third-order valence-corrected chi connectivity index (χ3v) is 15.6. The molecule has 0 aromatic rings. The maximum atomic E-state index is 12.9. The molecule has 0 aliphatic carbocycles. The molecular weight excluding hydrogens is 1020 g/mol. The Morgan fingerprint density at radius 2 is 0.470 bits per heavy atom. The van der Waals surface area contributed by atoms with E-state index in [4.69, 9.17) is 14.2 Å². The first kappa shape index (κ1) is 79.3. The standard InChI is InChI=1S/C77H134O6/c1-4-7-10-13-15-17-19-21-23-25-27-29-31-33-34-35-36-37-38-39-40-41-42-44-45-47-49-51-53-55-57-59-61-64-67-70-76(79)82-73-74(72-81-75(78)69-66-63-12-9-6-3)83-77(80)71-68-65-62-60-58-56-54-52-50-48-46-43-32-30-28-26-24-22-20-18-16-14-11-8-5-2/h7-8,10-11,15-18,21-24,27-30,74H,4-6,9,12-14,19-20,25-26,31-73H2,1-3H3/b10-7-,11-8-,17-15-,18-16-,23-21-,24-22-,29-27-,30-28-. The van der Waals surface area contributed by atoms with Crippen molar-refractivity contribution in [2.24, 2.45) is 0 Å². The number of carbonyl (C=O) groups is 3. The zero-order chi connectivity index (χ0) is 59.9. The summed E-state index contributed by atoms with van der Waals surface area (Å²) in [6.45, 7) is 6.37. The number of ether oxygens (including phenoxy) is 3. The third-order valence-electron chi connectivity index (χ3n) is 15.6. The van der Waals surface area contributed by atoms with Crippen LogP contribution in [-0.4, -0.2) is 37.2 Å². The monoisotopic (exact) mass is 1160 g/mol. The molecule has 1 atom stereocenters. The predicted octanol–water partition coefficient (Wildman–Crippen LogP) is 24.8. The first-order valence-electron chi connectivity index (χ1n) is 35.7. The van der Waals surface area contributed by atoms with Crippen molar-refractivity contribution in [3.05, 3.63) is 97.2 Å². The van der Waals surface area contributed by atoms with Crippen LogP contribution in [0.5, 0.6) is 0 Å². The van der Waals surface area contributed by atoms with Gasteiger partial charge in [0.05, 0.1) is 0 Å². The van der Waals surface area contributed by atoms with Gasteiger partial charge in [0.15, 0.2) is 6.10 Å². The van der Waals surface area contributed by atoms with Gasteiger partial charge in [-0.2, -0.15) is 0 Å². The maximum Gasteiger partial charge on any atom is 0.306 e. The van der Waals surface area contributed by atoms with Crippen molar-refractivity contribution in [3.8, 4) is 0 Å². The quantitative estimate of drug-likeness (QED) is 0.0261. The second-order valence-corrected chi connectivity index (χ2v) is 23.7. The Labute approximate surface area is 515 Å². The van der Waals surface area contributed by atoms with Crippen molar-refractivity contribution in [2.45, 2.75) is 361 Å². The molecule has 0 saturated carbocycles. The van der Waals surface area contributed by atoms with Gasteiger partial charge in [0, 0.05) is 19.3 Å². The van der Waals surface area contributed by atoms with Gasteiger partial charge >= 0.3 is 17.9 Å². The van der Waals surface area contributed by atoms with E-state index in [0.29, 0.717) is 19.3 Å². The van der Waals surface area contributed by atoms with Crippen LogP contribution < -0.4 is 0 Å². The fourth-order valence-corrected chi connectivity index (χ4v) is 10.3. The molecule has 0 bridgehead atoms. The number of esters is 3. The Bertz CT molecular complexity index is 1610. The van der Waals surface area contributed by atoms with E-state index in [0.717, 1.165) is 116 Å². The van der Waals surface area contributed by atoms with Crippen LogP contribution in [0.2, 0.25) is 0 Å². The van der Waals surface area contributed by atoms with E-state index in [1.165, 1.54) is 199 Å². The molecule has 0 aliphatic rings. The lowest BCUT2D eigenvalue weighted by molar-refractivity contribution is -0.167. The molecule has 0 heterocycles. The molecule has 0 radical (unpaired) electrons. The van der Waals surface area contributed by atoms with Crippen molar-refractivity contribution >= 4 is 17.9 Å². The summed E-state index contributed by atoms with van der Waals surface area (Å²) in [6.07, 6.45) is 96.5. The molecular formula is C77H134O6. The van der Waals surface area contributed by atoms with E-state index in [9.17, 15) is 14.4 Å². The van der Waals surface area contributed by atoms with E-state index in [-0.39, 0.29) is 31.1 Å². The Morgan fingerprint density at radius 1 is 0.253 bits per heavy atom. The highest BCUT2D eigenvalue weighted by molar-refractivity contribution is 5.71. The van der Waals surface area contributed by atoms with Crippen LogP contribution in [0, 0.1) is 0 Å². The van der Waals surface area contributed by atoms with E-state index in [1.54, 1.807) is 0 Å². The van der Waals surface area contributed by atoms with Crippen LogP contribution in [0.25, 0.3) is 0 Å². The zero-order valence-corrected chi connectivity index (χ0v) is 54.9. The Morgan fingerprint density at radius 3 is 0.735 bits per heavy atom. The fraction of sp³-hybridized carbons (Fsp3) is 0.753. The first-order chi connectivity index (χ1) is 41.0. The van der Waals surface area contributed by atoms with Crippen molar-refractivity contribution in [2.75, 3.05) is 13.2 Å². The van der Waals surface area contributed by atoms with E-state index >= 15 is 0 Å².